The van der Waals surface area contributed by atoms with Gasteiger partial charge in [0.25, 0.3) is 0 Å². The van der Waals surface area contributed by atoms with Crippen molar-refractivity contribution in [3.8, 4) is 28.1 Å². The number of ether oxygens (including phenoxy) is 1. The largest absolute Gasteiger partial charge is 0.496 e. The maximum absolute atomic E-state index is 9.88. The summed E-state index contributed by atoms with van der Waals surface area (Å²) < 4.78 is 11.2. The van der Waals surface area contributed by atoms with Crippen molar-refractivity contribution >= 4 is 32.8 Å². The number of H-pyrrole nitrogens is 1. The van der Waals surface area contributed by atoms with Crippen LogP contribution in [0, 0.1) is 13.8 Å². The first kappa shape index (κ1) is 20.3. The van der Waals surface area contributed by atoms with E-state index in [0.29, 0.717) is 17.2 Å². The lowest BCUT2D eigenvalue weighted by Gasteiger charge is -2.10. The SMILES string of the molecule is COc1cc2c(cc1-c1c(C)noc1C)[nH]c1nc(CO)nc(-c3ccnc4ccccc34)c12. The standard InChI is InChI=1S/C26H21N5O3/c1-13-23(14(2)34-31-13)18-10-20-17(11-21(18)33-3)24-25(29-22(12-32)30-26(24)28-20)16-8-9-27-19-7-5-4-6-15(16)19/h4-11,32H,12H2,1-3H3,(H,28,29,30). The molecule has 8 heteroatoms. The van der Waals surface area contributed by atoms with Gasteiger partial charge in [-0.1, -0.05) is 23.4 Å². The lowest BCUT2D eigenvalue weighted by Crippen LogP contribution is -1.98. The fourth-order valence-corrected chi connectivity index (χ4v) is 4.67. The van der Waals surface area contributed by atoms with Crippen molar-refractivity contribution in [3.63, 3.8) is 0 Å². The number of hydrogen-bond acceptors (Lipinski definition) is 7. The van der Waals surface area contributed by atoms with Crippen molar-refractivity contribution in [3.05, 3.63) is 65.9 Å². The Morgan fingerprint density at radius 2 is 1.88 bits per heavy atom. The van der Waals surface area contributed by atoms with Crippen LogP contribution in [0.3, 0.4) is 0 Å². The van der Waals surface area contributed by atoms with Crippen LogP contribution in [0.25, 0.3) is 55.2 Å². The van der Waals surface area contributed by atoms with Crippen molar-refractivity contribution in [2.24, 2.45) is 0 Å². The number of nitrogens with one attached hydrogen (secondary N) is 1. The number of para-hydroxylation sites is 1. The Kier molecular flexibility index (Phi) is 4.56. The summed E-state index contributed by atoms with van der Waals surface area (Å²) in [6.45, 7) is 3.52. The Labute approximate surface area is 194 Å². The third kappa shape index (κ3) is 2.96. The van der Waals surface area contributed by atoms with Gasteiger partial charge < -0.3 is 19.4 Å². The van der Waals surface area contributed by atoms with Gasteiger partial charge in [-0.3, -0.25) is 4.98 Å². The monoisotopic (exact) mass is 451 g/mol. The van der Waals surface area contributed by atoms with Crippen molar-refractivity contribution < 1.29 is 14.4 Å². The number of aliphatic hydroxyl groups is 1. The molecule has 0 aliphatic carbocycles. The summed E-state index contributed by atoms with van der Waals surface area (Å²) in [5.41, 5.74) is 6.60. The molecule has 0 aliphatic heterocycles. The van der Waals surface area contributed by atoms with Gasteiger partial charge in [-0.2, -0.15) is 0 Å². The summed E-state index contributed by atoms with van der Waals surface area (Å²) in [7, 11) is 1.65. The van der Waals surface area contributed by atoms with E-state index in [4.69, 9.17) is 14.2 Å². The lowest BCUT2D eigenvalue weighted by atomic mass is 9.99. The Hall–Kier alpha value is -4.30. The number of rotatable bonds is 4. The molecule has 0 saturated heterocycles. The molecule has 0 unspecified atom stereocenters. The molecular weight excluding hydrogens is 430 g/mol. The van der Waals surface area contributed by atoms with E-state index in [2.05, 4.69) is 20.1 Å². The summed E-state index contributed by atoms with van der Waals surface area (Å²) >= 11 is 0. The summed E-state index contributed by atoms with van der Waals surface area (Å²) in [4.78, 5) is 17.2. The molecule has 168 valence electrons. The third-order valence-electron chi connectivity index (χ3n) is 6.17. The van der Waals surface area contributed by atoms with Gasteiger partial charge in [-0.25, -0.2) is 9.97 Å². The molecule has 6 rings (SSSR count). The van der Waals surface area contributed by atoms with Crippen molar-refractivity contribution in [1.29, 1.82) is 0 Å². The van der Waals surface area contributed by atoms with Crippen LogP contribution in [0.4, 0.5) is 0 Å². The highest BCUT2D eigenvalue weighted by Gasteiger charge is 2.22. The van der Waals surface area contributed by atoms with Gasteiger partial charge in [-0.05, 0) is 38.1 Å². The molecule has 2 aromatic carbocycles. The number of aromatic amines is 1. The van der Waals surface area contributed by atoms with Gasteiger partial charge in [0.2, 0.25) is 0 Å². The molecule has 0 radical (unpaired) electrons. The van der Waals surface area contributed by atoms with Crippen molar-refractivity contribution in [2.75, 3.05) is 7.11 Å². The minimum Gasteiger partial charge on any atom is -0.496 e. The third-order valence-corrected chi connectivity index (χ3v) is 6.17. The predicted molar refractivity (Wildman–Crippen MR) is 130 cm³/mol. The van der Waals surface area contributed by atoms with E-state index >= 15 is 0 Å². The zero-order chi connectivity index (χ0) is 23.4. The second-order valence-corrected chi connectivity index (χ2v) is 8.17. The maximum Gasteiger partial charge on any atom is 0.156 e. The topological polar surface area (TPSA) is 110 Å². The van der Waals surface area contributed by atoms with Crippen molar-refractivity contribution in [1.82, 2.24) is 25.1 Å². The Balaban J connectivity index is 1.72. The van der Waals surface area contributed by atoms with Gasteiger partial charge in [0.15, 0.2) is 5.82 Å². The van der Waals surface area contributed by atoms with Gasteiger partial charge >= 0.3 is 0 Å². The lowest BCUT2D eigenvalue weighted by molar-refractivity contribution is 0.272. The Morgan fingerprint density at radius 1 is 1.03 bits per heavy atom. The number of hydrogen-bond donors (Lipinski definition) is 2. The molecular formula is C26H21N5O3. The zero-order valence-electron chi connectivity index (χ0n) is 18.9. The number of benzene rings is 2. The molecule has 8 nitrogen and oxygen atoms in total. The average molecular weight is 451 g/mol. The summed E-state index contributed by atoms with van der Waals surface area (Å²) in [6, 6.07) is 13.9. The molecule has 0 saturated carbocycles. The smallest absolute Gasteiger partial charge is 0.156 e. The minimum absolute atomic E-state index is 0.269. The molecule has 0 bridgehead atoms. The average Bonchev–Trinajstić information content (AvgIpc) is 3.40. The molecule has 0 spiro atoms. The highest BCUT2D eigenvalue weighted by Crippen LogP contribution is 2.42. The fourth-order valence-electron chi connectivity index (χ4n) is 4.67. The number of aryl methyl sites for hydroxylation is 2. The highest BCUT2D eigenvalue weighted by molar-refractivity contribution is 6.15. The molecule has 0 aliphatic rings. The zero-order valence-corrected chi connectivity index (χ0v) is 18.9. The number of pyridine rings is 1. The second kappa shape index (κ2) is 7.64. The molecule has 2 N–H and O–H groups in total. The van der Waals surface area contributed by atoms with E-state index in [1.807, 2.05) is 56.3 Å². The van der Waals surface area contributed by atoms with Crippen LogP contribution in [-0.4, -0.2) is 37.3 Å². The quantitative estimate of drug-likeness (QED) is 0.384. The number of aromatic nitrogens is 5. The van der Waals surface area contributed by atoms with Gasteiger partial charge in [-0.15, -0.1) is 0 Å². The molecule has 34 heavy (non-hydrogen) atoms. The van der Waals surface area contributed by atoms with Crippen LogP contribution in [0.1, 0.15) is 17.3 Å². The van der Waals surface area contributed by atoms with E-state index in [0.717, 1.165) is 61.0 Å². The van der Waals surface area contributed by atoms with E-state index in [1.165, 1.54) is 0 Å². The first-order valence-electron chi connectivity index (χ1n) is 10.9. The van der Waals surface area contributed by atoms with E-state index < -0.39 is 0 Å². The molecule has 4 aromatic heterocycles. The summed E-state index contributed by atoms with van der Waals surface area (Å²) in [5.74, 6) is 1.75. The number of aliphatic hydroxyl groups excluding tert-OH is 1. The van der Waals surface area contributed by atoms with E-state index in [1.54, 1.807) is 13.3 Å². The van der Waals surface area contributed by atoms with Crippen LogP contribution in [0.15, 0.2) is 53.2 Å². The second-order valence-electron chi connectivity index (χ2n) is 8.17. The molecule has 0 amide bonds. The summed E-state index contributed by atoms with van der Waals surface area (Å²) in [6.07, 6.45) is 1.77. The fraction of sp³-hybridized carbons (Fsp3) is 0.154. The molecule has 4 heterocycles. The number of fused-ring (bicyclic) bond motifs is 4. The van der Waals surface area contributed by atoms with E-state index in [-0.39, 0.29) is 6.61 Å². The normalized spacial score (nSPS) is 11.6. The first-order valence-corrected chi connectivity index (χ1v) is 10.9. The Morgan fingerprint density at radius 3 is 2.65 bits per heavy atom. The van der Waals surface area contributed by atoms with Crippen LogP contribution < -0.4 is 4.74 Å². The van der Waals surface area contributed by atoms with Crippen LogP contribution in [0.5, 0.6) is 5.75 Å². The maximum atomic E-state index is 9.88. The molecule has 0 atom stereocenters. The number of nitrogens with zero attached hydrogens (tertiary/aromatic N) is 4. The van der Waals surface area contributed by atoms with Crippen LogP contribution >= 0.6 is 0 Å². The van der Waals surface area contributed by atoms with Gasteiger partial charge in [0.05, 0.1) is 35.0 Å². The highest BCUT2D eigenvalue weighted by atomic mass is 16.5. The minimum atomic E-state index is -0.269. The van der Waals surface area contributed by atoms with Crippen LogP contribution in [-0.2, 0) is 6.61 Å². The van der Waals surface area contributed by atoms with Gasteiger partial charge in [0, 0.05) is 33.6 Å². The van der Waals surface area contributed by atoms with Crippen molar-refractivity contribution in [2.45, 2.75) is 20.5 Å². The first-order chi connectivity index (χ1) is 16.6. The van der Waals surface area contributed by atoms with Gasteiger partial charge in [0.1, 0.15) is 23.8 Å². The summed E-state index contributed by atoms with van der Waals surface area (Å²) in [5, 5.41) is 16.7. The van der Waals surface area contributed by atoms with E-state index in [9.17, 15) is 5.11 Å². The Bertz CT molecular complexity index is 1690. The molecule has 0 fully saturated rings. The number of methoxy groups -OCH3 is 1. The van der Waals surface area contributed by atoms with Crippen LogP contribution in [0.2, 0.25) is 0 Å². The molecule has 6 aromatic rings. The predicted octanol–water partition coefficient (Wildman–Crippen LogP) is 5.10.